The molecular weight excluding hydrogens is 238 g/mol. The van der Waals surface area contributed by atoms with Crippen LogP contribution >= 0.6 is 11.6 Å². The van der Waals surface area contributed by atoms with E-state index in [1.165, 1.54) is 12.4 Å². The molecule has 0 aliphatic rings. The van der Waals surface area contributed by atoms with Crippen LogP contribution in [0.25, 0.3) is 0 Å². The molecule has 2 heterocycles. The summed E-state index contributed by atoms with van der Waals surface area (Å²) < 4.78 is 0. The van der Waals surface area contributed by atoms with Crippen LogP contribution in [0.5, 0.6) is 0 Å². The number of carbonyl (C=O) groups excluding carboxylic acids is 1. The Hall–Kier alpha value is -1.94. The fourth-order valence-electron chi connectivity index (χ4n) is 1.34. The van der Waals surface area contributed by atoms with E-state index in [0.717, 1.165) is 5.69 Å². The number of rotatable bonds is 2. The highest BCUT2D eigenvalue weighted by Gasteiger charge is 2.10. The molecule has 0 aromatic carbocycles. The Bertz CT molecular complexity index is 557. The Balaban J connectivity index is 2.20. The third-order valence-corrected chi connectivity index (χ3v) is 2.47. The van der Waals surface area contributed by atoms with Crippen molar-refractivity contribution in [1.29, 1.82) is 0 Å². The van der Waals surface area contributed by atoms with Crippen molar-refractivity contribution in [3.8, 4) is 0 Å². The SMILES string of the molecule is Cc1cccc(NC(=O)c2cnccc2Cl)n1. The highest BCUT2D eigenvalue weighted by Crippen LogP contribution is 2.15. The number of pyridine rings is 2. The molecule has 2 aromatic rings. The monoisotopic (exact) mass is 247 g/mol. The quantitative estimate of drug-likeness (QED) is 0.888. The summed E-state index contributed by atoms with van der Waals surface area (Å²) in [6, 6.07) is 6.96. The van der Waals surface area contributed by atoms with E-state index in [-0.39, 0.29) is 5.91 Å². The van der Waals surface area contributed by atoms with Crippen LogP contribution in [0.1, 0.15) is 16.1 Å². The number of halogens is 1. The van der Waals surface area contributed by atoms with Gasteiger partial charge in [0.2, 0.25) is 0 Å². The molecule has 0 atom stereocenters. The summed E-state index contributed by atoms with van der Waals surface area (Å²) in [5.41, 5.74) is 1.16. The lowest BCUT2D eigenvalue weighted by atomic mass is 10.2. The Kier molecular flexibility index (Phi) is 3.35. The summed E-state index contributed by atoms with van der Waals surface area (Å²) >= 11 is 5.90. The minimum Gasteiger partial charge on any atom is -0.306 e. The fraction of sp³-hybridized carbons (Fsp3) is 0.0833. The first-order chi connectivity index (χ1) is 8.16. The smallest absolute Gasteiger partial charge is 0.259 e. The minimum atomic E-state index is -0.318. The second kappa shape index (κ2) is 4.93. The van der Waals surface area contributed by atoms with Crippen LogP contribution in [0.2, 0.25) is 5.02 Å². The van der Waals surface area contributed by atoms with Crippen LogP contribution in [-0.4, -0.2) is 15.9 Å². The average Bonchev–Trinajstić information content (AvgIpc) is 2.29. The van der Waals surface area contributed by atoms with E-state index in [9.17, 15) is 4.79 Å². The zero-order valence-corrected chi connectivity index (χ0v) is 9.90. The van der Waals surface area contributed by atoms with Gasteiger partial charge in [-0.05, 0) is 25.1 Å². The number of amides is 1. The van der Waals surface area contributed by atoms with E-state index in [1.54, 1.807) is 12.1 Å². The zero-order valence-electron chi connectivity index (χ0n) is 9.14. The molecule has 2 rings (SSSR count). The third-order valence-electron chi connectivity index (χ3n) is 2.14. The van der Waals surface area contributed by atoms with Crippen molar-refractivity contribution < 1.29 is 4.79 Å². The molecule has 86 valence electrons. The summed E-state index contributed by atoms with van der Waals surface area (Å²) in [6.45, 7) is 1.85. The molecule has 0 spiro atoms. The lowest BCUT2D eigenvalue weighted by Crippen LogP contribution is -2.13. The van der Waals surface area contributed by atoms with Crippen molar-refractivity contribution in [2.45, 2.75) is 6.92 Å². The van der Waals surface area contributed by atoms with E-state index >= 15 is 0 Å². The Morgan fingerprint density at radius 2 is 2.18 bits per heavy atom. The maximum absolute atomic E-state index is 11.9. The van der Waals surface area contributed by atoms with Gasteiger partial charge in [0.1, 0.15) is 5.82 Å². The van der Waals surface area contributed by atoms with Gasteiger partial charge in [-0.1, -0.05) is 17.7 Å². The lowest BCUT2D eigenvalue weighted by Gasteiger charge is -2.05. The molecule has 0 saturated heterocycles. The minimum absolute atomic E-state index is 0.318. The number of aryl methyl sites for hydroxylation is 1. The van der Waals surface area contributed by atoms with Crippen molar-refractivity contribution in [2.75, 3.05) is 5.32 Å². The van der Waals surface area contributed by atoms with E-state index in [2.05, 4.69) is 15.3 Å². The van der Waals surface area contributed by atoms with Crippen LogP contribution in [0.3, 0.4) is 0 Å². The molecule has 5 heteroatoms. The van der Waals surface area contributed by atoms with E-state index < -0.39 is 0 Å². The van der Waals surface area contributed by atoms with Gasteiger partial charge in [-0.2, -0.15) is 0 Å². The molecule has 17 heavy (non-hydrogen) atoms. The van der Waals surface area contributed by atoms with Gasteiger partial charge in [0, 0.05) is 18.1 Å². The van der Waals surface area contributed by atoms with Gasteiger partial charge in [-0.15, -0.1) is 0 Å². The van der Waals surface area contributed by atoms with E-state index in [1.807, 2.05) is 19.1 Å². The van der Waals surface area contributed by atoms with Crippen LogP contribution in [0.4, 0.5) is 5.82 Å². The third kappa shape index (κ3) is 2.79. The molecule has 4 nitrogen and oxygen atoms in total. The fourth-order valence-corrected chi connectivity index (χ4v) is 1.53. The van der Waals surface area contributed by atoms with Crippen molar-refractivity contribution in [1.82, 2.24) is 9.97 Å². The van der Waals surface area contributed by atoms with Gasteiger partial charge in [0.05, 0.1) is 10.6 Å². The molecule has 0 aliphatic carbocycles. The largest absolute Gasteiger partial charge is 0.306 e. The Labute approximate surface area is 104 Å². The standard InChI is InChI=1S/C12H10ClN3O/c1-8-3-2-4-11(15-8)16-12(17)9-7-14-6-5-10(9)13/h2-7H,1H3,(H,15,16,17). The maximum atomic E-state index is 11.9. The van der Waals surface area contributed by atoms with Crippen LogP contribution in [0.15, 0.2) is 36.7 Å². The van der Waals surface area contributed by atoms with Gasteiger partial charge in [-0.3, -0.25) is 9.78 Å². The molecule has 0 aliphatic heterocycles. The van der Waals surface area contributed by atoms with Gasteiger partial charge in [0.25, 0.3) is 5.91 Å². The summed E-state index contributed by atoms with van der Waals surface area (Å²) in [5, 5.41) is 3.03. The van der Waals surface area contributed by atoms with Gasteiger partial charge >= 0.3 is 0 Å². The topological polar surface area (TPSA) is 54.9 Å². The first-order valence-electron chi connectivity index (χ1n) is 5.01. The van der Waals surface area contributed by atoms with Crippen molar-refractivity contribution >= 4 is 23.3 Å². The molecule has 0 unspecified atom stereocenters. The second-order valence-electron chi connectivity index (χ2n) is 3.47. The van der Waals surface area contributed by atoms with Crippen LogP contribution in [0, 0.1) is 6.92 Å². The number of hydrogen-bond acceptors (Lipinski definition) is 3. The number of nitrogens with zero attached hydrogens (tertiary/aromatic N) is 2. The number of anilines is 1. The van der Waals surface area contributed by atoms with Crippen LogP contribution < -0.4 is 5.32 Å². The second-order valence-corrected chi connectivity index (χ2v) is 3.88. The number of aromatic nitrogens is 2. The molecule has 1 N–H and O–H groups in total. The summed E-state index contributed by atoms with van der Waals surface area (Å²) in [4.78, 5) is 19.9. The molecule has 0 bridgehead atoms. The normalized spacial score (nSPS) is 10.0. The number of hydrogen-bond donors (Lipinski definition) is 1. The van der Waals surface area contributed by atoms with Gasteiger partial charge in [-0.25, -0.2) is 4.98 Å². The highest BCUT2D eigenvalue weighted by molar-refractivity contribution is 6.34. The molecule has 0 radical (unpaired) electrons. The molecular formula is C12H10ClN3O. The summed E-state index contributed by atoms with van der Waals surface area (Å²) in [6.07, 6.45) is 2.96. The van der Waals surface area contributed by atoms with Gasteiger partial charge < -0.3 is 5.32 Å². The predicted molar refractivity (Wildman–Crippen MR) is 66.2 cm³/mol. The molecule has 2 aromatic heterocycles. The summed E-state index contributed by atoms with van der Waals surface area (Å²) in [7, 11) is 0. The molecule has 0 fully saturated rings. The number of carbonyl (C=O) groups is 1. The Morgan fingerprint density at radius 1 is 1.35 bits per heavy atom. The van der Waals surface area contributed by atoms with Crippen molar-refractivity contribution in [3.05, 3.63) is 52.9 Å². The zero-order chi connectivity index (χ0) is 12.3. The number of nitrogens with one attached hydrogen (secondary N) is 1. The predicted octanol–water partition coefficient (Wildman–Crippen LogP) is 2.69. The summed E-state index contributed by atoms with van der Waals surface area (Å²) in [5.74, 6) is 0.177. The van der Waals surface area contributed by atoms with E-state index in [4.69, 9.17) is 11.6 Å². The highest BCUT2D eigenvalue weighted by atomic mass is 35.5. The van der Waals surface area contributed by atoms with Crippen molar-refractivity contribution in [3.63, 3.8) is 0 Å². The molecule has 1 amide bonds. The Morgan fingerprint density at radius 3 is 2.88 bits per heavy atom. The van der Waals surface area contributed by atoms with Crippen LogP contribution in [-0.2, 0) is 0 Å². The first kappa shape index (κ1) is 11.5. The van der Waals surface area contributed by atoms with Gasteiger partial charge in [0.15, 0.2) is 0 Å². The maximum Gasteiger partial charge on any atom is 0.259 e. The first-order valence-corrected chi connectivity index (χ1v) is 5.39. The molecule has 0 saturated carbocycles. The lowest BCUT2D eigenvalue weighted by molar-refractivity contribution is 0.102. The van der Waals surface area contributed by atoms with Crippen molar-refractivity contribution in [2.24, 2.45) is 0 Å². The van der Waals surface area contributed by atoms with E-state index in [0.29, 0.717) is 16.4 Å². The average molecular weight is 248 g/mol.